The zero-order valence-corrected chi connectivity index (χ0v) is 16.5. The number of nitrogens with one attached hydrogen (secondary N) is 1. The van der Waals surface area contributed by atoms with E-state index >= 15 is 0 Å². The third kappa shape index (κ3) is 6.69. The number of aliphatic carboxylic acids is 1. The lowest BCUT2D eigenvalue weighted by atomic mass is 10.0. The molecule has 0 aliphatic carbocycles. The minimum Gasteiger partial charge on any atom is -0.490 e. The normalized spacial score (nSPS) is 12.2. The van der Waals surface area contributed by atoms with E-state index in [9.17, 15) is 9.90 Å². The van der Waals surface area contributed by atoms with Crippen molar-refractivity contribution in [1.29, 1.82) is 0 Å². The van der Waals surface area contributed by atoms with Gasteiger partial charge in [-0.1, -0.05) is 36.7 Å². The van der Waals surface area contributed by atoms with Gasteiger partial charge in [0.25, 0.3) is 0 Å². The van der Waals surface area contributed by atoms with E-state index in [4.69, 9.17) is 9.47 Å². The smallest absolute Gasteiger partial charge is 0.320 e. The Morgan fingerprint density at radius 3 is 2.46 bits per heavy atom. The summed E-state index contributed by atoms with van der Waals surface area (Å²) in [6, 6.07) is 3.22. The number of ether oxygens (including phenoxy) is 2. The van der Waals surface area contributed by atoms with Gasteiger partial charge < -0.3 is 19.9 Å². The third-order valence-electron chi connectivity index (χ3n) is 3.42. The second kappa shape index (κ2) is 10.6. The average Bonchev–Trinajstić information content (AvgIpc) is 2.51. The maximum Gasteiger partial charge on any atom is 0.320 e. The van der Waals surface area contributed by atoms with Crippen molar-refractivity contribution in [2.75, 3.05) is 13.2 Å². The molecule has 0 spiro atoms. The van der Waals surface area contributed by atoms with Crippen molar-refractivity contribution < 1.29 is 19.4 Å². The summed E-state index contributed by atoms with van der Waals surface area (Å²) in [5.41, 5.74) is 0.942. The van der Waals surface area contributed by atoms with Crippen molar-refractivity contribution in [1.82, 2.24) is 5.32 Å². The molecule has 1 unspecified atom stereocenters. The molecule has 0 aliphatic rings. The number of carbonyl (C=O) groups is 1. The van der Waals surface area contributed by atoms with Gasteiger partial charge in [0, 0.05) is 11.0 Å². The van der Waals surface area contributed by atoms with Crippen LogP contribution in [0.25, 0.3) is 0 Å². The minimum atomic E-state index is -0.826. The molecule has 136 valence electrons. The maximum absolute atomic E-state index is 11.4. The van der Waals surface area contributed by atoms with Gasteiger partial charge in [-0.15, -0.1) is 0 Å². The summed E-state index contributed by atoms with van der Waals surface area (Å²) in [7, 11) is 0. The molecule has 24 heavy (non-hydrogen) atoms. The van der Waals surface area contributed by atoms with Gasteiger partial charge in [-0.3, -0.25) is 4.79 Å². The number of hydrogen-bond acceptors (Lipinski definition) is 4. The summed E-state index contributed by atoms with van der Waals surface area (Å²) in [5, 5.41) is 12.4. The lowest BCUT2D eigenvalue weighted by molar-refractivity contribution is -0.140. The van der Waals surface area contributed by atoms with Crippen LogP contribution in [-0.2, 0) is 11.3 Å². The first-order valence-corrected chi connectivity index (χ1v) is 9.22. The Kier molecular flexibility index (Phi) is 9.14. The van der Waals surface area contributed by atoms with Gasteiger partial charge in [-0.2, -0.15) is 0 Å². The van der Waals surface area contributed by atoms with Crippen LogP contribution in [0.1, 0.15) is 46.1 Å². The summed E-state index contributed by atoms with van der Waals surface area (Å²) in [4.78, 5) is 11.4. The monoisotopic (exact) mass is 401 g/mol. The van der Waals surface area contributed by atoms with Crippen LogP contribution in [0.5, 0.6) is 11.5 Å². The van der Waals surface area contributed by atoms with E-state index in [1.807, 2.05) is 32.9 Å². The van der Waals surface area contributed by atoms with E-state index in [0.29, 0.717) is 43.6 Å². The molecule has 0 aliphatic heterocycles. The number of carboxylic acid groups (broad SMARTS) is 1. The molecule has 2 N–H and O–H groups in total. The average molecular weight is 402 g/mol. The first-order valence-electron chi connectivity index (χ1n) is 8.43. The van der Waals surface area contributed by atoms with Gasteiger partial charge in [0.05, 0.1) is 13.2 Å². The summed E-state index contributed by atoms with van der Waals surface area (Å²) < 4.78 is 12.3. The molecule has 0 amide bonds. The summed E-state index contributed by atoms with van der Waals surface area (Å²) >= 11 is 3.54. The number of hydrogen-bond donors (Lipinski definition) is 2. The Labute approximate surface area is 152 Å². The van der Waals surface area contributed by atoms with E-state index in [0.717, 1.165) is 16.5 Å². The fourth-order valence-electron chi connectivity index (χ4n) is 2.28. The molecular formula is C18H28BrNO4. The van der Waals surface area contributed by atoms with E-state index < -0.39 is 12.0 Å². The molecule has 0 saturated carbocycles. The predicted molar refractivity (Wildman–Crippen MR) is 98.8 cm³/mol. The highest BCUT2D eigenvalue weighted by Crippen LogP contribution is 2.34. The molecule has 0 radical (unpaired) electrons. The van der Waals surface area contributed by atoms with Crippen molar-refractivity contribution in [3.8, 4) is 11.5 Å². The fraction of sp³-hybridized carbons (Fsp3) is 0.611. The van der Waals surface area contributed by atoms with Crippen LogP contribution in [0.15, 0.2) is 16.6 Å². The molecule has 0 saturated heterocycles. The minimum absolute atomic E-state index is 0.311. The molecule has 0 aromatic heterocycles. The van der Waals surface area contributed by atoms with E-state index in [1.54, 1.807) is 0 Å². The summed E-state index contributed by atoms with van der Waals surface area (Å²) in [6.07, 6.45) is 1.50. The van der Waals surface area contributed by atoms with Gasteiger partial charge in [0.2, 0.25) is 0 Å². The Morgan fingerprint density at radius 2 is 1.92 bits per heavy atom. The van der Waals surface area contributed by atoms with Crippen molar-refractivity contribution in [2.24, 2.45) is 5.92 Å². The zero-order chi connectivity index (χ0) is 18.1. The SMILES string of the molecule is CCCOc1cc(Br)c(CNC(CC(C)C)C(=O)O)cc1OCC. The number of carboxylic acids is 1. The van der Waals surface area contributed by atoms with Gasteiger partial charge in [-0.05, 0) is 43.4 Å². The summed E-state index contributed by atoms with van der Waals surface area (Å²) in [5.74, 6) is 0.867. The molecule has 0 fully saturated rings. The van der Waals surface area contributed by atoms with Gasteiger partial charge in [0.1, 0.15) is 6.04 Å². The predicted octanol–water partition coefficient (Wildman–Crippen LogP) is 4.23. The van der Waals surface area contributed by atoms with Gasteiger partial charge >= 0.3 is 5.97 Å². The second-order valence-corrected chi connectivity index (χ2v) is 6.93. The van der Waals surface area contributed by atoms with Crippen LogP contribution in [0.4, 0.5) is 0 Å². The fourth-order valence-corrected chi connectivity index (χ4v) is 2.74. The number of halogens is 1. The summed E-state index contributed by atoms with van der Waals surface area (Å²) in [6.45, 7) is 9.61. The first-order chi connectivity index (χ1) is 11.4. The molecule has 0 bridgehead atoms. The lowest BCUT2D eigenvalue weighted by Gasteiger charge is -2.18. The maximum atomic E-state index is 11.4. The Bertz CT molecular complexity index is 534. The number of benzene rings is 1. The highest BCUT2D eigenvalue weighted by Gasteiger charge is 2.19. The molecule has 1 aromatic carbocycles. The molecule has 5 nitrogen and oxygen atoms in total. The highest BCUT2D eigenvalue weighted by molar-refractivity contribution is 9.10. The van der Waals surface area contributed by atoms with E-state index in [-0.39, 0.29) is 0 Å². The second-order valence-electron chi connectivity index (χ2n) is 6.07. The van der Waals surface area contributed by atoms with Crippen LogP contribution in [-0.4, -0.2) is 30.3 Å². The number of rotatable bonds is 11. The standard InChI is InChI=1S/C18H28BrNO4/c1-5-7-24-17-10-14(19)13(9-16(17)23-6-2)11-20-15(18(21)22)8-12(3)4/h9-10,12,15,20H,5-8,11H2,1-4H3,(H,21,22). The Balaban J connectivity index is 2.90. The van der Waals surface area contributed by atoms with E-state index in [1.165, 1.54) is 0 Å². The third-order valence-corrected chi connectivity index (χ3v) is 4.16. The Morgan fingerprint density at radius 1 is 1.25 bits per heavy atom. The zero-order valence-electron chi connectivity index (χ0n) is 14.9. The van der Waals surface area contributed by atoms with Crippen LogP contribution >= 0.6 is 15.9 Å². The highest BCUT2D eigenvalue weighted by atomic mass is 79.9. The van der Waals surface area contributed by atoms with Crippen LogP contribution < -0.4 is 14.8 Å². The van der Waals surface area contributed by atoms with Crippen LogP contribution in [0.2, 0.25) is 0 Å². The molecule has 6 heteroatoms. The van der Waals surface area contributed by atoms with Crippen LogP contribution in [0.3, 0.4) is 0 Å². The quantitative estimate of drug-likeness (QED) is 0.580. The molecule has 0 heterocycles. The van der Waals surface area contributed by atoms with Gasteiger partial charge in [0.15, 0.2) is 11.5 Å². The Hall–Kier alpha value is -1.27. The van der Waals surface area contributed by atoms with Crippen molar-refractivity contribution in [2.45, 2.75) is 53.1 Å². The topological polar surface area (TPSA) is 67.8 Å². The van der Waals surface area contributed by atoms with Crippen LogP contribution in [0, 0.1) is 5.92 Å². The largest absolute Gasteiger partial charge is 0.490 e. The molecule has 1 rings (SSSR count). The molecule has 1 atom stereocenters. The van der Waals surface area contributed by atoms with Crippen molar-refractivity contribution in [3.63, 3.8) is 0 Å². The first kappa shape index (κ1) is 20.8. The lowest BCUT2D eigenvalue weighted by Crippen LogP contribution is -2.37. The van der Waals surface area contributed by atoms with Crippen molar-refractivity contribution in [3.05, 3.63) is 22.2 Å². The molecular weight excluding hydrogens is 374 g/mol. The molecule has 1 aromatic rings. The van der Waals surface area contributed by atoms with Gasteiger partial charge in [-0.25, -0.2) is 0 Å². The van der Waals surface area contributed by atoms with E-state index in [2.05, 4.69) is 28.2 Å². The van der Waals surface area contributed by atoms with Crippen molar-refractivity contribution >= 4 is 21.9 Å².